The summed E-state index contributed by atoms with van der Waals surface area (Å²) in [7, 11) is 0. The van der Waals surface area contributed by atoms with E-state index in [1.807, 2.05) is 0 Å². The highest BCUT2D eigenvalue weighted by molar-refractivity contribution is 5.31. The van der Waals surface area contributed by atoms with Crippen LogP contribution in [0.1, 0.15) is 5.82 Å². The maximum absolute atomic E-state index is 12.6. The molecule has 2 rings (SSSR count). The first-order valence-corrected chi connectivity index (χ1v) is 4.40. The molecule has 15 heavy (non-hydrogen) atoms. The van der Waals surface area contributed by atoms with Crippen LogP contribution < -0.4 is 5.32 Å². The lowest BCUT2D eigenvalue weighted by Gasteiger charge is -2.02. The summed E-state index contributed by atoms with van der Waals surface area (Å²) in [5, 5.41) is 9.38. The molecule has 0 fully saturated rings. The fourth-order valence-electron chi connectivity index (χ4n) is 1.09. The molecule has 0 spiro atoms. The summed E-state index contributed by atoms with van der Waals surface area (Å²) in [6.07, 6.45) is 3.29. The SMILES string of the molecule is Fc1cc(NCCc2ncn[nH]2)ncn1. The molecule has 2 aromatic rings. The van der Waals surface area contributed by atoms with Crippen molar-refractivity contribution in [3.63, 3.8) is 0 Å². The minimum atomic E-state index is -0.549. The quantitative estimate of drug-likeness (QED) is 0.710. The van der Waals surface area contributed by atoms with Gasteiger partial charge in [-0.1, -0.05) is 0 Å². The number of aromatic nitrogens is 5. The van der Waals surface area contributed by atoms with Crippen molar-refractivity contribution in [2.24, 2.45) is 0 Å². The van der Waals surface area contributed by atoms with Crippen molar-refractivity contribution in [3.05, 3.63) is 30.5 Å². The van der Waals surface area contributed by atoms with Crippen molar-refractivity contribution in [2.75, 3.05) is 11.9 Å². The van der Waals surface area contributed by atoms with Gasteiger partial charge < -0.3 is 5.32 Å². The summed E-state index contributed by atoms with van der Waals surface area (Å²) >= 11 is 0. The molecule has 2 heterocycles. The first kappa shape index (κ1) is 9.50. The first-order chi connectivity index (χ1) is 7.34. The number of H-pyrrole nitrogens is 1. The Bertz CT molecular complexity index is 415. The van der Waals surface area contributed by atoms with Crippen LogP contribution in [0.4, 0.5) is 10.2 Å². The van der Waals surface area contributed by atoms with Gasteiger partial charge in [0.25, 0.3) is 0 Å². The molecule has 0 aliphatic carbocycles. The summed E-state index contributed by atoms with van der Waals surface area (Å²) in [5.41, 5.74) is 0. The van der Waals surface area contributed by atoms with Gasteiger partial charge in [-0.15, -0.1) is 0 Å². The smallest absolute Gasteiger partial charge is 0.217 e. The summed E-state index contributed by atoms with van der Waals surface area (Å²) < 4.78 is 12.6. The molecule has 0 aliphatic heterocycles. The molecule has 0 saturated heterocycles. The third kappa shape index (κ3) is 2.70. The topological polar surface area (TPSA) is 79.4 Å². The highest BCUT2D eigenvalue weighted by Crippen LogP contribution is 2.01. The number of hydrogen-bond acceptors (Lipinski definition) is 5. The van der Waals surface area contributed by atoms with Crippen LogP contribution in [-0.4, -0.2) is 31.7 Å². The molecule has 78 valence electrons. The molecule has 0 bridgehead atoms. The zero-order valence-corrected chi connectivity index (χ0v) is 7.81. The second-order valence-corrected chi connectivity index (χ2v) is 2.83. The molecular formula is C8H9FN6. The Balaban J connectivity index is 1.83. The van der Waals surface area contributed by atoms with Crippen molar-refractivity contribution >= 4 is 5.82 Å². The van der Waals surface area contributed by atoms with Crippen LogP contribution in [0.5, 0.6) is 0 Å². The van der Waals surface area contributed by atoms with Gasteiger partial charge in [-0.3, -0.25) is 5.10 Å². The summed E-state index contributed by atoms with van der Waals surface area (Å²) in [4.78, 5) is 11.2. The molecule has 2 aromatic heterocycles. The molecule has 0 aromatic carbocycles. The third-order valence-electron chi connectivity index (χ3n) is 1.77. The zero-order chi connectivity index (χ0) is 10.5. The highest BCUT2D eigenvalue weighted by atomic mass is 19.1. The monoisotopic (exact) mass is 208 g/mol. The van der Waals surface area contributed by atoms with Gasteiger partial charge in [0.2, 0.25) is 5.95 Å². The molecule has 0 unspecified atom stereocenters. The van der Waals surface area contributed by atoms with Gasteiger partial charge in [0.1, 0.15) is 24.3 Å². The Morgan fingerprint density at radius 2 is 2.20 bits per heavy atom. The number of anilines is 1. The van der Waals surface area contributed by atoms with E-state index in [1.165, 1.54) is 18.7 Å². The van der Waals surface area contributed by atoms with Crippen LogP contribution in [0, 0.1) is 5.95 Å². The highest BCUT2D eigenvalue weighted by Gasteiger charge is 1.98. The maximum Gasteiger partial charge on any atom is 0.217 e. The van der Waals surface area contributed by atoms with E-state index in [0.29, 0.717) is 18.8 Å². The molecular weight excluding hydrogens is 199 g/mol. The molecule has 0 atom stereocenters. The number of halogens is 1. The molecule has 6 nitrogen and oxygen atoms in total. The van der Waals surface area contributed by atoms with Crippen molar-refractivity contribution in [1.29, 1.82) is 0 Å². The minimum absolute atomic E-state index is 0.460. The molecule has 2 N–H and O–H groups in total. The average Bonchev–Trinajstić information content (AvgIpc) is 2.71. The van der Waals surface area contributed by atoms with Crippen molar-refractivity contribution in [2.45, 2.75) is 6.42 Å². The summed E-state index contributed by atoms with van der Waals surface area (Å²) in [6, 6.07) is 1.24. The Morgan fingerprint density at radius 3 is 2.93 bits per heavy atom. The summed E-state index contributed by atoms with van der Waals surface area (Å²) in [5.74, 6) is 0.686. The van der Waals surface area contributed by atoms with Crippen LogP contribution in [-0.2, 0) is 6.42 Å². The lowest BCUT2D eigenvalue weighted by atomic mass is 10.4. The third-order valence-corrected chi connectivity index (χ3v) is 1.77. The Kier molecular flexibility index (Phi) is 2.82. The Labute approximate surface area is 85.0 Å². The number of hydrogen-bond donors (Lipinski definition) is 2. The largest absolute Gasteiger partial charge is 0.369 e. The van der Waals surface area contributed by atoms with E-state index >= 15 is 0 Å². The number of aromatic amines is 1. The number of nitrogens with zero attached hydrogens (tertiary/aromatic N) is 4. The predicted octanol–water partition coefficient (Wildman–Crippen LogP) is 0.388. The molecule has 0 radical (unpaired) electrons. The average molecular weight is 208 g/mol. The van der Waals surface area contributed by atoms with Crippen molar-refractivity contribution in [1.82, 2.24) is 25.1 Å². The molecule has 7 heteroatoms. The van der Waals surface area contributed by atoms with E-state index in [9.17, 15) is 4.39 Å². The first-order valence-electron chi connectivity index (χ1n) is 4.40. The van der Waals surface area contributed by atoms with Gasteiger partial charge in [0.05, 0.1) is 0 Å². The van der Waals surface area contributed by atoms with Gasteiger partial charge >= 0.3 is 0 Å². The van der Waals surface area contributed by atoms with Crippen molar-refractivity contribution in [3.8, 4) is 0 Å². The second kappa shape index (κ2) is 4.45. The van der Waals surface area contributed by atoms with E-state index in [-0.39, 0.29) is 0 Å². The van der Waals surface area contributed by atoms with E-state index in [2.05, 4.69) is 30.5 Å². The van der Waals surface area contributed by atoms with Crippen LogP contribution in [0.15, 0.2) is 18.7 Å². The van der Waals surface area contributed by atoms with Gasteiger partial charge in [0.15, 0.2) is 0 Å². The lowest BCUT2D eigenvalue weighted by molar-refractivity contribution is 0.580. The van der Waals surface area contributed by atoms with Crippen LogP contribution in [0.3, 0.4) is 0 Å². The Hall–Kier alpha value is -2.05. The van der Waals surface area contributed by atoms with Gasteiger partial charge in [-0.25, -0.2) is 15.0 Å². The van der Waals surface area contributed by atoms with Gasteiger partial charge in [-0.05, 0) is 0 Å². The summed E-state index contributed by atoms with van der Waals surface area (Å²) in [6.45, 7) is 0.603. The zero-order valence-electron chi connectivity index (χ0n) is 7.81. The lowest BCUT2D eigenvalue weighted by Crippen LogP contribution is -2.07. The van der Waals surface area contributed by atoms with E-state index in [4.69, 9.17) is 0 Å². The van der Waals surface area contributed by atoms with E-state index < -0.39 is 5.95 Å². The normalized spacial score (nSPS) is 10.2. The Morgan fingerprint density at radius 1 is 1.27 bits per heavy atom. The van der Waals surface area contributed by atoms with E-state index in [1.54, 1.807) is 0 Å². The second-order valence-electron chi connectivity index (χ2n) is 2.83. The number of rotatable bonds is 4. The fraction of sp³-hybridized carbons (Fsp3) is 0.250. The minimum Gasteiger partial charge on any atom is -0.369 e. The van der Waals surface area contributed by atoms with Crippen LogP contribution >= 0.6 is 0 Å². The fourth-order valence-corrected chi connectivity index (χ4v) is 1.09. The predicted molar refractivity (Wildman–Crippen MR) is 50.6 cm³/mol. The van der Waals surface area contributed by atoms with E-state index in [0.717, 1.165) is 5.82 Å². The van der Waals surface area contributed by atoms with Gasteiger partial charge in [0, 0.05) is 19.0 Å². The molecule has 0 aliphatic rings. The molecule has 0 amide bonds. The molecule has 0 saturated carbocycles. The number of nitrogens with one attached hydrogen (secondary N) is 2. The standard InChI is InChI=1S/C8H9FN6/c9-6-3-8(12-4-11-6)10-2-1-7-13-5-14-15-7/h3-5H,1-2H2,(H,10,11,12)(H,13,14,15). The maximum atomic E-state index is 12.6. The van der Waals surface area contributed by atoms with Crippen molar-refractivity contribution < 1.29 is 4.39 Å². The van der Waals surface area contributed by atoms with Crippen LogP contribution in [0.25, 0.3) is 0 Å². The van der Waals surface area contributed by atoms with Gasteiger partial charge in [-0.2, -0.15) is 9.49 Å². The van der Waals surface area contributed by atoms with Crippen LogP contribution in [0.2, 0.25) is 0 Å².